The summed E-state index contributed by atoms with van der Waals surface area (Å²) in [5.41, 5.74) is 2.92. The first-order valence-electron chi connectivity index (χ1n) is 9.09. The zero-order valence-electron chi connectivity index (χ0n) is 16.4. The molecule has 3 aromatic rings. The molecule has 0 radical (unpaired) electrons. The van der Waals surface area contributed by atoms with Crippen LogP contribution in [0, 0.1) is 12.8 Å². The largest absolute Gasteiger partial charge is 0.493 e. The van der Waals surface area contributed by atoms with Crippen LogP contribution in [0.3, 0.4) is 0 Å². The molecule has 0 unspecified atom stereocenters. The normalized spacial score (nSPS) is 10.8. The van der Waals surface area contributed by atoms with Crippen LogP contribution in [0.4, 0.5) is 5.69 Å². The van der Waals surface area contributed by atoms with Gasteiger partial charge in [0.25, 0.3) is 5.91 Å². The summed E-state index contributed by atoms with van der Waals surface area (Å²) >= 11 is 0. The third-order valence-electron chi connectivity index (χ3n) is 4.02. The fourth-order valence-corrected chi connectivity index (χ4v) is 2.70. The van der Waals surface area contributed by atoms with Crippen LogP contribution in [-0.2, 0) is 6.42 Å². The molecule has 0 saturated carbocycles. The van der Waals surface area contributed by atoms with Crippen LogP contribution in [0.5, 0.6) is 17.4 Å². The number of amides is 1. The fraction of sp³-hybridized carbons (Fsp3) is 0.286. The average Bonchev–Trinajstić information content (AvgIpc) is 3.12. The van der Waals surface area contributed by atoms with Gasteiger partial charge in [0.1, 0.15) is 0 Å². The summed E-state index contributed by atoms with van der Waals surface area (Å²) in [4.78, 5) is 16.6. The number of rotatable bonds is 7. The zero-order valence-corrected chi connectivity index (χ0v) is 16.4. The van der Waals surface area contributed by atoms with Crippen molar-refractivity contribution in [3.63, 3.8) is 0 Å². The second-order valence-corrected chi connectivity index (χ2v) is 6.97. The second kappa shape index (κ2) is 8.56. The van der Waals surface area contributed by atoms with Crippen molar-refractivity contribution in [3.8, 4) is 17.4 Å². The summed E-state index contributed by atoms with van der Waals surface area (Å²) in [6, 6.07) is 10.8. The van der Waals surface area contributed by atoms with Crippen LogP contribution >= 0.6 is 0 Å². The molecule has 28 heavy (non-hydrogen) atoms. The Morgan fingerprint density at radius 1 is 1.18 bits per heavy atom. The highest BCUT2D eigenvalue weighted by atomic mass is 16.5. The Hall–Kier alpha value is -3.35. The van der Waals surface area contributed by atoms with Crippen LogP contribution in [0.1, 0.15) is 35.6 Å². The number of pyridine rings is 1. The molecular formula is C21H24N4O3. The summed E-state index contributed by atoms with van der Waals surface area (Å²) in [5, 5.41) is 9.75. The highest BCUT2D eigenvalue weighted by Gasteiger charge is 2.12. The first-order chi connectivity index (χ1) is 13.4. The molecule has 0 fully saturated rings. The molecule has 146 valence electrons. The zero-order chi connectivity index (χ0) is 20.1. The van der Waals surface area contributed by atoms with Gasteiger partial charge in [-0.25, -0.2) is 4.98 Å². The average molecular weight is 380 g/mol. The van der Waals surface area contributed by atoms with Crippen molar-refractivity contribution in [2.24, 2.45) is 5.92 Å². The number of nitrogens with zero attached hydrogens (tertiary/aromatic N) is 2. The maximum atomic E-state index is 12.3. The minimum absolute atomic E-state index is 0.290. The Morgan fingerprint density at radius 3 is 2.68 bits per heavy atom. The molecule has 0 aliphatic rings. The van der Waals surface area contributed by atoms with Gasteiger partial charge in [-0.3, -0.25) is 9.89 Å². The number of nitrogens with one attached hydrogen (secondary N) is 2. The Bertz CT molecular complexity index is 949. The van der Waals surface area contributed by atoms with Crippen molar-refractivity contribution in [1.82, 2.24) is 15.2 Å². The Labute approximate surface area is 164 Å². The number of methoxy groups -OCH3 is 1. The van der Waals surface area contributed by atoms with Crippen LogP contribution in [0.15, 0.2) is 42.6 Å². The number of carbonyl (C=O) groups is 1. The molecule has 0 atom stereocenters. The predicted octanol–water partition coefficient (Wildman–Crippen LogP) is 4.36. The van der Waals surface area contributed by atoms with E-state index in [2.05, 4.69) is 34.3 Å². The summed E-state index contributed by atoms with van der Waals surface area (Å²) < 4.78 is 11.1. The van der Waals surface area contributed by atoms with Crippen molar-refractivity contribution in [2.75, 3.05) is 12.4 Å². The maximum Gasteiger partial charge on any atom is 0.276 e. The van der Waals surface area contributed by atoms with Gasteiger partial charge in [-0.1, -0.05) is 19.9 Å². The minimum atomic E-state index is -0.290. The number of H-pyrrole nitrogens is 1. The fourth-order valence-electron chi connectivity index (χ4n) is 2.70. The summed E-state index contributed by atoms with van der Waals surface area (Å²) in [6.45, 7) is 6.21. The van der Waals surface area contributed by atoms with Gasteiger partial charge in [0.2, 0.25) is 5.88 Å². The number of benzene rings is 1. The first kappa shape index (κ1) is 19.4. The lowest BCUT2D eigenvalue weighted by Crippen LogP contribution is -2.12. The topological polar surface area (TPSA) is 89.1 Å². The van der Waals surface area contributed by atoms with Gasteiger partial charge < -0.3 is 14.8 Å². The monoisotopic (exact) mass is 380 g/mol. The van der Waals surface area contributed by atoms with Crippen molar-refractivity contribution >= 4 is 11.6 Å². The number of ether oxygens (including phenoxy) is 2. The molecule has 0 aliphatic carbocycles. The van der Waals surface area contributed by atoms with Crippen molar-refractivity contribution in [3.05, 3.63) is 59.5 Å². The van der Waals surface area contributed by atoms with Gasteiger partial charge in [0.15, 0.2) is 17.2 Å². The lowest BCUT2D eigenvalue weighted by atomic mass is 10.1. The highest BCUT2D eigenvalue weighted by molar-refractivity contribution is 6.02. The number of hydrogen-bond acceptors (Lipinski definition) is 5. The molecule has 7 nitrogen and oxygen atoms in total. The third-order valence-corrected chi connectivity index (χ3v) is 4.02. The Morgan fingerprint density at radius 2 is 2.00 bits per heavy atom. The number of aromatic amines is 1. The molecule has 2 heterocycles. The van der Waals surface area contributed by atoms with Gasteiger partial charge in [-0.2, -0.15) is 5.10 Å². The van der Waals surface area contributed by atoms with E-state index in [9.17, 15) is 4.79 Å². The van der Waals surface area contributed by atoms with E-state index in [0.717, 1.165) is 17.7 Å². The predicted molar refractivity (Wildman–Crippen MR) is 107 cm³/mol. The molecule has 1 aromatic carbocycles. The third kappa shape index (κ3) is 4.88. The lowest BCUT2D eigenvalue weighted by molar-refractivity contribution is 0.102. The van der Waals surface area contributed by atoms with Crippen LogP contribution < -0.4 is 14.8 Å². The number of anilines is 1. The summed E-state index contributed by atoms with van der Waals surface area (Å²) in [6.07, 6.45) is 2.38. The standard InChI is InChI=1S/C21H24N4O3/c1-13(2)9-16-11-17(25-24-16)21(26)23-15-6-8-20(22-12-15)28-18-7-5-14(3)10-19(18)27-4/h5-8,10-13H,9H2,1-4H3,(H,23,26)(H,24,25). The van der Waals surface area contributed by atoms with E-state index in [0.29, 0.717) is 34.7 Å². The van der Waals surface area contributed by atoms with E-state index in [1.807, 2.05) is 25.1 Å². The molecule has 3 rings (SSSR count). The smallest absolute Gasteiger partial charge is 0.276 e. The van der Waals surface area contributed by atoms with Crippen molar-refractivity contribution in [2.45, 2.75) is 27.2 Å². The van der Waals surface area contributed by atoms with E-state index in [-0.39, 0.29) is 5.91 Å². The number of aryl methyl sites for hydroxylation is 1. The molecule has 0 bridgehead atoms. The highest BCUT2D eigenvalue weighted by Crippen LogP contribution is 2.31. The molecule has 0 aliphatic heterocycles. The van der Waals surface area contributed by atoms with E-state index in [1.165, 1.54) is 6.20 Å². The van der Waals surface area contributed by atoms with Crippen molar-refractivity contribution < 1.29 is 14.3 Å². The van der Waals surface area contributed by atoms with Crippen LogP contribution in [0.25, 0.3) is 0 Å². The Kier molecular flexibility index (Phi) is 5.93. The molecular weight excluding hydrogens is 356 g/mol. The number of aromatic nitrogens is 3. The van der Waals surface area contributed by atoms with E-state index < -0.39 is 0 Å². The maximum absolute atomic E-state index is 12.3. The van der Waals surface area contributed by atoms with E-state index in [1.54, 1.807) is 25.3 Å². The lowest BCUT2D eigenvalue weighted by Gasteiger charge is -2.10. The molecule has 0 saturated heterocycles. The van der Waals surface area contributed by atoms with Gasteiger partial charge in [0, 0.05) is 11.8 Å². The second-order valence-electron chi connectivity index (χ2n) is 6.97. The molecule has 7 heteroatoms. The summed E-state index contributed by atoms with van der Waals surface area (Å²) in [7, 11) is 1.59. The van der Waals surface area contributed by atoms with E-state index in [4.69, 9.17) is 9.47 Å². The van der Waals surface area contributed by atoms with Crippen molar-refractivity contribution in [1.29, 1.82) is 0 Å². The van der Waals surface area contributed by atoms with E-state index >= 15 is 0 Å². The number of carbonyl (C=O) groups excluding carboxylic acids is 1. The first-order valence-corrected chi connectivity index (χ1v) is 9.09. The van der Waals surface area contributed by atoms with Gasteiger partial charge in [0.05, 0.1) is 19.0 Å². The van der Waals surface area contributed by atoms with Crippen LogP contribution in [-0.4, -0.2) is 28.2 Å². The molecule has 2 N–H and O–H groups in total. The number of hydrogen-bond donors (Lipinski definition) is 2. The summed E-state index contributed by atoms with van der Waals surface area (Å²) in [5.74, 6) is 1.81. The van der Waals surface area contributed by atoms with Gasteiger partial charge in [-0.15, -0.1) is 0 Å². The Balaban J connectivity index is 1.64. The van der Waals surface area contributed by atoms with Gasteiger partial charge >= 0.3 is 0 Å². The quantitative estimate of drug-likeness (QED) is 0.635. The molecule has 0 spiro atoms. The molecule has 1 amide bonds. The minimum Gasteiger partial charge on any atom is -0.493 e. The van der Waals surface area contributed by atoms with Crippen LogP contribution in [0.2, 0.25) is 0 Å². The SMILES string of the molecule is COc1cc(C)ccc1Oc1ccc(NC(=O)c2cc(CC(C)C)[nH]n2)cn1. The van der Waals surface area contributed by atoms with Gasteiger partial charge in [-0.05, 0) is 49.1 Å². The molecule has 2 aromatic heterocycles.